The lowest BCUT2D eigenvalue weighted by molar-refractivity contribution is -0.257. The van der Waals surface area contributed by atoms with Gasteiger partial charge in [-0.2, -0.15) is 0 Å². The Morgan fingerprint density at radius 3 is 2.40 bits per heavy atom. The lowest BCUT2D eigenvalue weighted by Crippen LogP contribution is -2.64. The van der Waals surface area contributed by atoms with Crippen molar-refractivity contribution in [2.75, 3.05) is 13.7 Å². The smallest absolute Gasteiger partial charge is 0.345 e. The molecule has 0 radical (unpaired) electrons. The number of aliphatic hydroxyl groups is 1. The van der Waals surface area contributed by atoms with Crippen LogP contribution in [0.4, 0.5) is 0 Å². The van der Waals surface area contributed by atoms with Crippen LogP contribution in [0.15, 0.2) is 91.0 Å². The largest absolute Gasteiger partial charge is 0.497 e. The molecule has 6 nitrogen and oxygen atoms in total. The number of hydrogen-bond donors (Lipinski definition) is 1. The van der Waals surface area contributed by atoms with Crippen LogP contribution < -0.4 is 4.74 Å². The van der Waals surface area contributed by atoms with Gasteiger partial charge in [-0.15, -0.1) is 0 Å². The van der Waals surface area contributed by atoms with Crippen molar-refractivity contribution in [2.45, 2.75) is 56.5 Å². The van der Waals surface area contributed by atoms with Gasteiger partial charge in [-0.1, -0.05) is 66.7 Å². The monoisotopic (exact) mass is 561 g/mol. The van der Waals surface area contributed by atoms with E-state index in [1.807, 2.05) is 79.9 Å². The van der Waals surface area contributed by atoms with Crippen molar-refractivity contribution < 1.29 is 24.1 Å². The van der Waals surface area contributed by atoms with E-state index in [1.165, 1.54) is 0 Å². The topological polar surface area (TPSA) is 69.9 Å². The van der Waals surface area contributed by atoms with Gasteiger partial charge in [-0.05, 0) is 73.4 Å². The Bertz CT molecular complexity index is 1830. The molecule has 6 heteroatoms. The molecule has 5 aromatic rings. The van der Waals surface area contributed by atoms with Crippen molar-refractivity contribution in [3.05, 3.63) is 102 Å². The van der Waals surface area contributed by atoms with E-state index in [-0.39, 0.29) is 0 Å². The Morgan fingerprint density at radius 2 is 1.67 bits per heavy atom. The molecule has 0 bridgehead atoms. The molecule has 1 saturated heterocycles. The molecule has 1 aromatic heterocycles. The van der Waals surface area contributed by atoms with Crippen molar-refractivity contribution >= 4 is 27.6 Å². The van der Waals surface area contributed by atoms with Crippen molar-refractivity contribution in [1.82, 2.24) is 4.57 Å². The molecule has 1 fully saturated rings. The van der Waals surface area contributed by atoms with Gasteiger partial charge in [0.05, 0.1) is 18.5 Å². The predicted molar refractivity (Wildman–Crippen MR) is 164 cm³/mol. The standard InChI is InChI=1S/C36H35NO5/c1-34(2,3)42-33(38)36-31(24-16-18-27(40-4)19-17-24)32-30(26-15-14-23-10-5-6-11-25(23)22-26)28-12-7-8-13-29(28)37(32)35(36,39)20-9-21-41-36/h5-8,10-19,22,31,39H,9,20-21H2,1-4H3/t31-,35+,36+/m0/s1. The number of esters is 1. The lowest BCUT2D eigenvalue weighted by atomic mass is 9.72. The number of methoxy groups -OCH3 is 1. The van der Waals surface area contributed by atoms with Gasteiger partial charge >= 0.3 is 5.97 Å². The third-order valence-electron chi connectivity index (χ3n) is 8.74. The zero-order valence-electron chi connectivity index (χ0n) is 24.4. The molecule has 214 valence electrons. The van der Waals surface area contributed by atoms with E-state index in [0.29, 0.717) is 25.2 Å². The van der Waals surface area contributed by atoms with E-state index < -0.39 is 28.8 Å². The van der Waals surface area contributed by atoms with E-state index in [4.69, 9.17) is 14.2 Å². The first-order valence-corrected chi connectivity index (χ1v) is 14.5. The van der Waals surface area contributed by atoms with Crippen LogP contribution in [0, 0.1) is 0 Å². The van der Waals surface area contributed by atoms with Crippen LogP contribution >= 0.6 is 0 Å². The highest BCUT2D eigenvalue weighted by Gasteiger charge is 2.72. The molecule has 0 amide bonds. The maximum atomic E-state index is 14.5. The van der Waals surface area contributed by atoms with Gasteiger partial charge in [-0.25, -0.2) is 4.79 Å². The molecule has 42 heavy (non-hydrogen) atoms. The molecular weight excluding hydrogens is 526 g/mol. The van der Waals surface area contributed by atoms with Crippen LogP contribution in [0.5, 0.6) is 5.75 Å². The summed E-state index contributed by atoms with van der Waals surface area (Å²) in [5, 5.41) is 16.2. The minimum absolute atomic E-state index is 0.336. The third kappa shape index (κ3) is 3.75. The average molecular weight is 562 g/mol. The molecular formula is C36H35NO5. The quantitative estimate of drug-likeness (QED) is 0.236. The summed E-state index contributed by atoms with van der Waals surface area (Å²) in [5.41, 5.74) is 0.370. The highest BCUT2D eigenvalue weighted by atomic mass is 16.6. The summed E-state index contributed by atoms with van der Waals surface area (Å²) in [4.78, 5) is 14.5. The first-order valence-electron chi connectivity index (χ1n) is 14.5. The van der Waals surface area contributed by atoms with E-state index in [1.54, 1.807) is 7.11 Å². The van der Waals surface area contributed by atoms with E-state index in [2.05, 4.69) is 36.4 Å². The summed E-state index contributed by atoms with van der Waals surface area (Å²) in [6.45, 7) is 5.87. The maximum absolute atomic E-state index is 14.5. The van der Waals surface area contributed by atoms with Gasteiger partial charge in [0.15, 0.2) is 5.72 Å². The first-order chi connectivity index (χ1) is 20.2. The fourth-order valence-corrected chi connectivity index (χ4v) is 7.10. The van der Waals surface area contributed by atoms with E-state index in [9.17, 15) is 9.90 Å². The number of benzene rings is 4. The fraction of sp³-hybridized carbons (Fsp3) is 0.306. The van der Waals surface area contributed by atoms with Gasteiger partial charge in [0.25, 0.3) is 0 Å². The molecule has 1 N–H and O–H groups in total. The Balaban J connectivity index is 1.60. The second-order valence-electron chi connectivity index (χ2n) is 12.4. The molecule has 3 atom stereocenters. The van der Waals surface area contributed by atoms with Crippen molar-refractivity contribution in [3.63, 3.8) is 0 Å². The Morgan fingerprint density at radius 1 is 0.952 bits per heavy atom. The summed E-state index contributed by atoms with van der Waals surface area (Å²) in [6.07, 6.45) is 0.954. The summed E-state index contributed by atoms with van der Waals surface area (Å²) >= 11 is 0. The fourth-order valence-electron chi connectivity index (χ4n) is 7.10. The highest BCUT2D eigenvalue weighted by Crippen LogP contribution is 2.61. The van der Waals surface area contributed by atoms with Crippen molar-refractivity contribution in [2.24, 2.45) is 0 Å². The summed E-state index contributed by atoms with van der Waals surface area (Å²) in [5.74, 6) is -0.508. The van der Waals surface area contributed by atoms with Crippen LogP contribution in [-0.4, -0.2) is 40.6 Å². The third-order valence-corrected chi connectivity index (χ3v) is 8.74. The van der Waals surface area contributed by atoms with Crippen molar-refractivity contribution in [3.8, 4) is 16.9 Å². The molecule has 7 rings (SSSR count). The highest BCUT2D eigenvalue weighted by molar-refractivity contribution is 6.03. The Kier molecular flexibility index (Phi) is 6.02. The van der Waals surface area contributed by atoms with Crippen LogP contribution in [0.1, 0.15) is 50.8 Å². The second-order valence-corrected chi connectivity index (χ2v) is 12.4. The molecule has 3 heterocycles. The number of carbonyl (C=O) groups excluding carboxylic acids is 1. The number of fused-ring (bicyclic) bond motifs is 6. The molecule has 0 spiro atoms. The zero-order valence-corrected chi connectivity index (χ0v) is 24.4. The number of rotatable bonds is 4. The lowest BCUT2D eigenvalue weighted by Gasteiger charge is -2.47. The van der Waals surface area contributed by atoms with Crippen LogP contribution in [0.25, 0.3) is 32.8 Å². The zero-order chi connectivity index (χ0) is 29.3. The SMILES string of the molecule is COc1ccc([C@H]2c3c(-c4ccc5ccccc5c4)c4ccccc4n3[C@@]3(O)CCCO[C@@]23C(=O)OC(C)(C)C)cc1. The van der Waals surface area contributed by atoms with Crippen molar-refractivity contribution in [1.29, 1.82) is 0 Å². The minimum Gasteiger partial charge on any atom is -0.497 e. The van der Waals surface area contributed by atoms with E-state index >= 15 is 0 Å². The molecule has 0 saturated carbocycles. The van der Waals surface area contributed by atoms with Gasteiger partial charge in [0.2, 0.25) is 5.60 Å². The second kappa shape index (κ2) is 9.45. The number of carbonyl (C=O) groups is 1. The van der Waals surface area contributed by atoms with Gasteiger partial charge in [-0.3, -0.25) is 0 Å². The van der Waals surface area contributed by atoms with Gasteiger partial charge in [0.1, 0.15) is 11.4 Å². The minimum atomic E-state index is -1.70. The molecule has 2 aliphatic rings. The number of ether oxygens (including phenoxy) is 3. The average Bonchev–Trinajstić information content (AvgIpc) is 3.44. The number of para-hydroxylation sites is 1. The van der Waals surface area contributed by atoms with Crippen LogP contribution in [0.3, 0.4) is 0 Å². The molecule has 4 aromatic carbocycles. The molecule has 2 aliphatic heterocycles. The summed E-state index contributed by atoms with van der Waals surface area (Å²) in [7, 11) is 1.63. The number of aromatic nitrogens is 1. The Labute approximate surface area is 245 Å². The van der Waals surface area contributed by atoms with Crippen LogP contribution in [-0.2, 0) is 20.0 Å². The molecule has 0 unspecified atom stereocenters. The first kappa shape index (κ1) is 26.7. The normalized spacial score (nSPS) is 23.5. The summed E-state index contributed by atoms with van der Waals surface area (Å²) in [6, 6.07) is 30.6. The molecule has 0 aliphatic carbocycles. The predicted octanol–water partition coefficient (Wildman–Crippen LogP) is 7.15. The maximum Gasteiger partial charge on any atom is 0.345 e. The van der Waals surface area contributed by atoms with Crippen LogP contribution in [0.2, 0.25) is 0 Å². The van der Waals surface area contributed by atoms with Gasteiger partial charge < -0.3 is 23.9 Å². The number of hydrogen-bond acceptors (Lipinski definition) is 5. The van der Waals surface area contributed by atoms with E-state index in [0.717, 1.165) is 44.1 Å². The Hall–Kier alpha value is -4.13. The van der Waals surface area contributed by atoms with Gasteiger partial charge in [0, 0.05) is 29.7 Å². The number of nitrogens with zero attached hydrogens (tertiary/aromatic N) is 1. The summed E-state index contributed by atoms with van der Waals surface area (Å²) < 4.78 is 20.1.